The number of hydrogen-bond acceptors (Lipinski definition) is 5. The first-order valence-corrected chi connectivity index (χ1v) is 11.9. The summed E-state index contributed by atoms with van der Waals surface area (Å²) in [7, 11) is -2.68. The predicted molar refractivity (Wildman–Crippen MR) is 130 cm³/mol. The minimum Gasteiger partial charge on any atom is -0.495 e. The maximum atomic E-state index is 13.6. The second kappa shape index (κ2) is 10.5. The fourth-order valence-electron chi connectivity index (χ4n) is 3.20. The number of rotatable bonds is 8. The van der Waals surface area contributed by atoms with Gasteiger partial charge in [-0.15, -0.1) is 0 Å². The van der Waals surface area contributed by atoms with Crippen LogP contribution in [-0.2, 0) is 14.8 Å². The molecular formula is C25H26FN3O4S. The minimum absolute atomic E-state index is 0.0421. The molecule has 7 nitrogen and oxygen atoms in total. The molecule has 0 aliphatic heterocycles. The summed E-state index contributed by atoms with van der Waals surface area (Å²) in [5, 5.41) is 4.04. The zero-order valence-electron chi connectivity index (χ0n) is 19.4. The molecule has 34 heavy (non-hydrogen) atoms. The van der Waals surface area contributed by atoms with Gasteiger partial charge in [0.1, 0.15) is 18.1 Å². The molecule has 178 valence electrons. The Morgan fingerprint density at radius 3 is 2.24 bits per heavy atom. The third kappa shape index (κ3) is 5.79. The first kappa shape index (κ1) is 24.9. The molecule has 1 amide bonds. The standard InChI is InChI=1S/C25H26FN3O4S/c1-17-5-12-22(13-6-17)34(31,32)29(23-15-18(2)7-14-24(23)33-4)16-25(30)28-27-19(3)20-8-10-21(26)11-9-20/h5-15H,16H2,1-4H3,(H,28,30)/b27-19+. The van der Waals surface area contributed by atoms with Crippen LogP contribution in [0.2, 0.25) is 0 Å². The van der Waals surface area contributed by atoms with E-state index in [-0.39, 0.29) is 16.4 Å². The normalized spacial score (nSPS) is 11.7. The number of ether oxygens (including phenoxy) is 1. The number of halogens is 1. The number of aryl methyl sites for hydroxylation is 2. The number of hydrazone groups is 1. The fourth-order valence-corrected chi connectivity index (χ4v) is 4.62. The monoisotopic (exact) mass is 483 g/mol. The van der Waals surface area contributed by atoms with Crippen molar-refractivity contribution in [2.75, 3.05) is 18.0 Å². The highest BCUT2D eigenvalue weighted by atomic mass is 32.2. The van der Waals surface area contributed by atoms with E-state index in [0.29, 0.717) is 17.0 Å². The molecule has 0 heterocycles. The van der Waals surface area contributed by atoms with Gasteiger partial charge in [0, 0.05) is 0 Å². The van der Waals surface area contributed by atoms with Crippen LogP contribution in [0.4, 0.5) is 10.1 Å². The summed E-state index contributed by atoms with van der Waals surface area (Å²) in [4.78, 5) is 12.9. The number of carbonyl (C=O) groups excluding carboxylic acids is 1. The number of amides is 1. The van der Waals surface area contributed by atoms with Crippen LogP contribution in [-0.4, -0.2) is 33.7 Å². The molecule has 3 aromatic rings. The van der Waals surface area contributed by atoms with Crippen LogP contribution < -0.4 is 14.5 Å². The lowest BCUT2D eigenvalue weighted by atomic mass is 10.1. The number of carbonyl (C=O) groups is 1. The number of nitrogens with one attached hydrogen (secondary N) is 1. The van der Waals surface area contributed by atoms with Crippen molar-refractivity contribution in [3.05, 3.63) is 89.2 Å². The molecule has 0 spiro atoms. The molecule has 0 radical (unpaired) electrons. The van der Waals surface area contributed by atoms with Gasteiger partial charge in [0.2, 0.25) is 0 Å². The predicted octanol–water partition coefficient (Wildman–Crippen LogP) is 4.19. The average Bonchev–Trinajstić information content (AvgIpc) is 2.81. The Labute approximate surface area is 198 Å². The van der Waals surface area contributed by atoms with Crippen molar-refractivity contribution in [1.82, 2.24) is 5.43 Å². The van der Waals surface area contributed by atoms with Crippen LogP contribution in [0.1, 0.15) is 23.6 Å². The zero-order valence-corrected chi connectivity index (χ0v) is 20.2. The van der Waals surface area contributed by atoms with Crippen molar-refractivity contribution in [1.29, 1.82) is 0 Å². The Hall–Kier alpha value is -3.72. The number of benzene rings is 3. The summed E-state index contributed by atoms with van der Waals surface area (Å²) in [5.74, 6) is -0.731. The highest BCUT2D eigenvalue weighted by Gasteiger charge is 2.29. The van der Waals surface area contributed by atoms with Gasteiger partial charge in [0.25, 0.3) is 15.9 Å². The summed E-state index contributed by atoms with van der Waals surface area (Å²) in [6.45, 7) is 4.79. The Kier molecular flexibility index (Phi) is 7.68. The molecule has 0 bridgehead atoms. The Balaban J connectivity index is 1.95. The van der Waals surface area contributed by atoms with E-state index in [9.17, 15) is 17.6 Å². The Morgan fingerprint density at radius 1 is 1.00 bits per heavy atom. The van der Waals surface area contributed by atoms with Crippen molar-refractivity contribution < 1.29 is 22.3 Å². The van der Waals surface area contributed by atoms with Crippen LogP contribution in [0.15, 0.2) is 76.7 Å². The molecule has 0 aliphatic rings. The third-order valence-electron chi connectivity index (χ3n) is 5.11. The molecule has 3 rings (SSSR count). The van der Waals surface area contributed by atoms with Crippen molar-refractivity contribution >= 4 is 27.3 Å². The number of nitrogens with zero attached hydrogens (tertiary/aromatic N) is 2. The van der Waals surface area contributed by atoms with Gasteiger partial charge in [-0.3, -0.25) is 9.10 Å². The van der Waals surface area contributed by atoms with Crippen LogP contribution in [0.5, 0.6) is 5.75 Å². The van der Waals surface area contributed by atoms with E-state index in [1.165, 1.54) is 43.5 Å². The van der Waals surface area contributed by atoms with E-state index < -0.39 is 22.5 Å². The van der Waals surface area contributed by atoms with E-state index in [4.69, 9.17) is 4.74 Å². The van der Waals surface area contributed by atoms with E-state index in [0.717, 1.165) is 15.4 Å². The number of sulfonamides is 1. The quantitative estimate of drug-likeness (QED) is 0.385. The molecule has 0 fully saturated rings. The molecule has 0 saturated heterocycles. The van der Waals surface area contributed by atoms with E-state index >= 15 is 0 Å². The number of methoxy groups -OCH3 is 1. The Bertz CT molecular complexity index is 1300. The second-order valence-electron chi connectivity index (χ2n) is 7.74. The third-order valence-corrected chi connectivity index (χ3v) is 6.88. The molecule has 0 atom stereocenters. The van der Waals surface area contributed by atoms with Gasteiger partial charge in [-0.25, -0.2) is 18.2 Å². The molecule has 9 heteroatoms. The molecule has 0 aromatic heterocycles. The van der Waals surface area contributed by atoms with E-state index in [1.807, 2.05) is 13.8 Å². The molecule has 0 unspecified atom stereocenters. The van der Waals surface area contributed by atoms with Crippen molar-refractivity contribution in [2.45, 2.75) is 25.7 Å². The van der Waals surface area contributed by atoms with Crippen LogP contribution >= 0.6 is 0 Å². The van der Waals surface area contributed by atoms with Gasteiger partial charge < -0.3 is 4.74 Å². The Morgan fingerprint density at radius 2 is 1.62 bits per heavy atom. The first-order chi connectivity index (χ1) is 16.1. The number of anilines is 1. The topological polar surface area (TPSA) is 88.1 Å². The van der Waals surface area contributed by atoms with Crippen molar-refractivity contribution in [2.24, 2.45) is 5.10 Å². The summed E-state index contributed by atoms with van der Waals surface area (Å²) >= 11 is 0. The smallest absolute Gasteiger partial charge is 0.264 e. The van der Waals surface area contributed by atoms with Crippen LogP contribution in [0, 0.1) is 19.7 Å². The maximum absolute atomic E-state index is 13.6. The summed E-state index contributed by atoms with van der Waals surface area (Å²) in [6.07, 6.45) is 0. The highest BCUT2D eigenvalue weighted by Crippen LogP contribution is 2.33. The van der Waals surface area contributed by atoms with Crippen molar-refractivity contribution in [3.63, 3.8) is 0 Å². The van der Waals surface area contributed by atoms with Gasteiger partial charge >= 0.3 is 0 Å². The summed E-state index contributed by atoms with van der Waals surface area (Å²) < 4.78 is 46.7. The molecule has 0 saturated carbocycles. The summed E-state index contributed by atoms with van der Waals surface area (Å²) in [5.41, 5.74) is 5.38. The average molecular weight is 484 g/mol. The maximum Gasteiger partial charge on any atom is 0.264 e. The van der Waals surface area contributed by atoms with Gasteiger partial charge in [-0.2, -0.15) is 5.10 Å². The highest BCUT2D eigenvalue weighted by molar-refractivity contribution is 7.92. The largest absolute Gasteiger partial charge is 0.495 e. The molecule has 1 N–H and O–H groups in total. The van der Waals surface area contributed by atoms with Gasteiger partial charge in [-0.1, -0.05) is 35.9 Å². The van der Waals surface area contributed by atoms with E-state index in [2.05, 4.69) is 10.5 Å². The zero-order chi connectivity index (χ0) is 24.9. The van der Waals surface area contributed by atoms with Crippen molar-refractivity contribution in [3.8, 4) is 5.75 Å². The molecular weight excluding hydrogens is 457 g/mol. The lowest BCUT2D eigenvalue weighted by Crippen LogP contribution is -2.40. The molecule has 3 aromatic carbocycles. The second-order valence-corrected chi connectivity index (χ2v) is 9.60. The summed E-state index contributed by atoms with van der Waals surface area (Å²) in [6, 6.07) is 17.1. The lowest BCUT2D eigenvalue weighted by Gasteiger charge is -2.25. The lowest BCUT2D eigenvalue weighted by molar-refractivity contribution is -0.119. The van der Waals surface area contributed by atoms with Crippen LogP contribution in [0.25, 0.3) is 0 Å². The minimum atomic E-state index is -4.11. The van der Waals surface area contributed by atoms with Gasteiger partial charge in [0.05, 0.1) is 23.4 Å². The van der Waals surface area contributed by atoms with Crippen LogP contribution in [0.3, 0.4) is 0 Å². The van der Waals surface area contributed by atoms with Gasteiger partial charge in [-0.05, 0) is 68.3 Å². The number of hydrogen-bond donors (Lipinski definition) is 1. The SMILES string of the molecule is COc1ccc(C)cc1N(CC(=O)N/N=C(\C)c1ccc(F)cc1)S(=O)(=O)c1ccc(C)cc1. The fraction of sp³-hybridized carbons (Fsp3) is 0.200. The first-order valence-electron chi connectivity index (χ1n) is 10.4. The van der Waals surface area contributed by atoms with Gasteiger partial charge in [0.15, 0.2) is 0 Å². The molecule has 0 aliphatic carbocycles. The van der Waals surface area contributed by atoms with E-state index in [1.54, 1.807) is 37.3 Å².